The minimum atomic E-state index is -1.29. The van der Waals surface area contributed by atoms with Gasteiger partial charge in [0.25, 0.3) is 0 Å². The summed E-state index contributed by atoms with van der Waals surface area (Å²) < 4.78 is 6.91. The van der Waals surface area contributed by atoms with E-state index in [9.17, 15) is 14.7 Å². The fourth-order valence-electron chi connectivity index (χ4n) is 2.65. The van der Waals surface area contributed by atoms with Crippen molar-refractivity contribution in [3.05, 3.63) is 17.5 Å². The molecule has 21 heavy (non-hydrogen) atoms. The molecule has 2 atom stereocenters. The number of aryl methyl sites for hydroxylation is 2. The molecule has 0 bridgehead atoms. The molecule has 2 N–H and O–H groups in total. The molecule has 1 amide bonds. The molecule has 1 fully saturated rings. The second kappa shape index (κ2) is 5.85. The zero-order valence-corrected chi connectivity index (χ0v) is 12.5. The number of carbonyl (C=O) groups is 2. The summed E-state index contributed by atoms with van der Waals surface area (Å²) in [7, 11) is 0. The van der Waals surface area contributed by atoms with Crippen molar-refractivity contribution in [1.29, 1.82) is 0 Å². The van der Waals surface area contributed by atoms with Crippen molar-refractivity contribution in [2.45, 2.75) is 45.2 Å². The largest absolute Gasteiger partial charge is 0.479 e. The van der Waals surface area contributed by atoms with E-state index in [-0.39, 0.29) is 25.0 Å². The smallest absolute Gasteiger partial charge is 0.331 e. The third kappa shape index (κ3) is 3.24. The zero-order valence-electron chi connectivity index (χ0n) is 12.5. The van der Waals surface area contributed by atoms with E-state index < -0.39 is 11.5 Å². The Morgan fingerprint density at radius 1 is 1.57 bits per heavy atom. The molecule has 0 aliphatic carbocycles. The molecule has 0 spiro atoms. The molecule has 2 unspecified atom stereocenters. The van der Waals surface area contributed by atoms with Crippen molar-refractivity contribution >= 4 is 11.9 Å². The lowest BCUT2D eigenvalue weighted by molar-refractivity contribution is -0.147. The predicted molar refractivity (Wildman–Crippen MR) is 75.0 cm³/mol. The van der Waals surface area contributed by atoms with Gasteiger partial charge in [-0.1, -0.05) is 0 Å². The number of aromatic nitrogens is 2. The van der Waals surface area contributed by atoms with Crippen LogP contribution in [0, 0.1) is 13.8 Å². The molecule has 2 rings (SSSR count). The topological polar surface area (TPSA) is 93.5 Å². The first-order chi connectivity index (χ1) is 9.84. The summed E-state index contributed by atoms with van der Waals surface area (Å²) >= 11 is 0. The van der Waals surface area contributed by atoms with Crippen molar-refractivity contribution in [3.63, 3.8) is 0 Å². The Labute approximate surface area is 123 Å². The van der Waals surface area contributed by atoms with E-state index in [0.29, 0.717) is 13.0 Å². The Bertz CT molecular complexity index is 546. The van der Waals surface area contributed by atoms with Crippen molar-refractivity contribution in [1.82, 2.24) is 15.1 Å². The van der Waals surface area contributed by atoms with Crippen LogP contribution >= 0.6 is 0 Å². The number of nitrogens with one attached hydrogen (secondary N) is 1. The molecule has 0 radical (unpaired) electrons. The van der Waals surface area contributed by atoms with E-state index in [2.05, 4.69) is 10.4 Å². The molecule has 0 saturated carbocycles. The maximum absolute atomic E-state index is 12.1. The maximum atomic E-state index is 12.1. The van der Waals surface area contributed by atoms with Gasteiger partial charge in [0.15, 0.2) is 5.54 Å². The van der Waals surface area contributed by atoms with Crippen LogP contribution in [-0.4, -0.2) is 45.5 Å². The van der Waals surface area contributed by atoms with Crippen molar-refractivity contribution in [2.75, 3.05) is 13.2 Å². The number of ether oxygens (including phenoxy) is 1. The fraction of sp³-hybridized carbons (Fsp3) is 0.643. The zero-order chi connectivity index (χ0) is 15.6. The quantitative estimate of drug-likeness (QED) is 0.838. The first-order valence-corrected chi connectivity index (χ1v) is 6.99. The summed E-state index contributed by atoms with van der Waals surface area (Å²) in [6.07, 6.45) is 0.472. The first kappa shape index (κ1) is 15.5. The molecule has 7 nitrogen and oxygen atoms in total. The third-order valence-electron chi connectivity index (χ3n) is 3.75. The number of carboxylic acid groups (broad SMARTS) is 1. The number of carboxylic acids is 1. The van der Waals surface area contributed by atoms with Crippen LogP contribution in [0.25, 0.3) is 0 Å². The number of carbonyl (C=O) groups excluding carboxylic acids is 1. The molecule has 7 heteroatoms. The predicted octanol–water partition coefficient (Wildman–Crippen LogP) is 0.811. The van der Waals surface area contributed by atoms with E-state index in [1.807, 2.05) is 26.8 Å². The van der Waals surface area contributed by atoms with Gasteiger partial charge >= 0.3 is 5.97 Å². The highest BCUT2D eigenvalue weighted by Crippen LogP contribution is 2.20. The highest BCUT2D eigenvalue weighted by Gasteiger charge is 2.44. The minimum absolute atomic E-state index is 0.0162. The molecular weight excluding hydrogens is 274 g/mol. The Balaban J connectivity index is 2.01. The second-order valence-electron chi connectivity index (χ2n) is 5.66. The molecule has 0 aromatic carbocycles. The van der Waals surface area contributed by atoms with Gasteiger partial charge in [-0.05, 0) is 26.8 Å². The lowest BCUT2D eigenvalue weighted by Gasteiger charge is -2.24. The Hall–Kier alpha value is -1.89. The van der Waals surface area contributed by atoms with Gasteiger partial charge < -0.3 is 15.2 Å². The average molecular weight is 295 g/mol. The Kier molecular flexibility index (Phi) is 4.32. The first-order valence-electron chi connectivity index (χ1n) is 6.99. The van der Waals surface area contributed by atoms with Crippen LogP contribution in [0.3, 0.4) is 0 Å². The van der Waals surface area contributed by atoms with Crippen LogP contribution in [0.5, 0.6) is 0 Å². The van der Waals surface area contributed by atoms with E-state index in [1.54, 1.807) is 4.68 Å². The van der Waals surface area contributed by atoms with Gasteiger partial charge in [0.1, 0.15) is 0 Å². The maximum Gasteiger partial charge on any atom is 0.331 e. The van der Waals surface area contributed by atoms with Crippen molar-refractivity contribution in [3.8, 4) is 0 Å². The van der Waals surface area contributed by atoms with Gasteiger partial charge in [-0.25, -0.2) is 4.79 Å². The minimum Gasteiger partial charge on any atom is -0.479 e. The van der Waals surface area contributed by atoms with Crippen LogP contribution in [0.15, 0.2) is 6.07 Å². The summed E-state index contributed by atoms with van der Waals surface area (Å²) in [4.78, 5) is 23.5. The number of aliphatic carboxylic acids is 1. The molecular formula is C14H21N3O4. The van der Waals surface area contributed by atoms with Gasteiger partial charge in [-0.15, -0.1) is 0 Å². The lowest BCUT2D eigenvalue weighted by atomic mass is 9.98. The van der Waals surface area contributed by atoms with Crippen LogP contribution in [-0.2, 0) is 14.3 Å². The van der Waals surface area contributed by atoms with Gasteiger partial charge in [-0.3, -0.25) is 9.48 Å². The van der Waals surface area contributed by atoms with Crippen molar-refractivity contribution < 1.29 is 19.4 Å². The number of rotatable bonds is 5. The summed E-state index contributed by atoms with van der Waals surface area (Å²) in [5.41, 5.74) is 0.585. The number of amides is 1. The van der Waals surface area contributed by atoms with E-state index in [4.69, 9.17) is 4.74 Å². The molecule has 1 aliphatic heterocycles. The third-order valence-corrected chi connectivity index (χ3v) is 3.75. The Morgan fingerprint density at radius 3 is 2.76 bits per heavy atom. The molecule has 1 aliphatic rings. The summed E-state index contributed by atoms with van der Waals surface area (Å²) in [6.45, 7) is 6.07. The molecule has 1 saturated heterocycles. The van der Waals surface area contributed by atoms with Crippen LogP contribution in [0.1, 0.15) is 37.2 Å². The summed E-state index contributed by atoms with van der Waals surface area (Å²) in [6, 6.07) is 1.81. The van der Waals surface area contributed by atoms with Crippen LogP contribution in [0.4, 0.5) is 0 Å². The van der Waals surface area contributed by atoms with Gasteiger partial charge in [0.05, 0.1) is 18.3 Å². The van der Waals surface area contributed by atoms with E-state index in [1.165, 1.54) is 0 Å². The molecule has 116 valence electrons. The van der Waals surface area contributed by atoms with Gasteiger partial charge in [-0.2, -0.15) is 5.10 Å². The van der Waals surface area contributed by atoms with Crippen LogP contribution in [0.2, 0.25) is 0 Å². The normalized spacial score (nSPS) is 23.0. The molecule has 2 heterocycles. The highest BCUT2D eigenvalue weighted by molar-refractivity contribution is 5.87. The average Bonchev–Trinajstić information content (AvgIpc) is 2.96. The summed E-state index contributed by atoms with van der Waals surface area (Å²) in [5.74, 6) is -1.35. The number of hydrogen-bond donors (Lipinski definition) is 2. The highest BCUT2D eigenvalue weighted by atomic mass is 16.5. The van der Waals surface area contributed by atoms with Gasteiger partial charge in [0.2, 0.25) is 5.91 Å². The Morgan fingerprint density at radius 2 is 2.29 bits per heavy atom. The number of nitrogens with zero attached hydrogens (tertiary/aromatic N) is 2. The standard InChI is InChI=1S/C14H21N3O4/c1-9-6-10(2)17(16-9)11(3)7-12(18)15-14(13(19)20)4-5-21-8-14/h6,11H,4-5,7-8H2,1-3H3,(H,15,18)(H,19,20). The second-order valence-corrected chi connectivity index (χ2v) is 5.66. The number of hydrogen-bond acceptors (Lipinski definition) is 4. The lowest BCUT2D eigenvalue weighted by Crippen LogP contribution is -2.55. The molecule has 1 aromatic heterocycles. The van der Waals surface area contributed by atoms with E-state index >= 15 is 0 Å². The summed E-state index contributed by atoms with van der Waals surface area (Å²) in [5, 5.41) is 16.3. The van der Waals surface area contributed by atoms with Gasteiger partial charge in [0, 0.05) is 25.1 Å². The SMILES string of the molecule is Cc1cc(C)n(C(C)CC(=O)NC2(C(=O)O)CCOC2)n1. The fourth-order valence-corrected chi connectivity index (χ4v) is 2.65. The van der Waals surface area contributed by atoms with Crippen LogP contribution < -0.4 is 5.32 Å². The van der Waals surface area contributed by atoms with E-state index in [0.717, 1.165) is 11.4 Å². The monoisotopic (exact) mass is 295 g/mol. The molecule has 1 aromatic rings. The van der Waals surface area contributed by atoms with Crippen molar-refractivity contribution in [2.24, 2.45) is 0 Å².